The Labute approximate surface area is 182 Å². The number of para-hydroxylation sites is 1. The zero-order valence-corrected chi connectivity index (χ0v) is 17.6. The molecule has 3 aromatic heterocycles. The van der Waals surface area contributed by atoms with Crippen molar-refractivity contribution >= 4 is 44.2 Å². The summed E-state index contributed by atoms with van der Waals surface area (Å²) in [7, 11) is 0. The van der Waals surface area contributed by atoms with E-state index in [0.29, 0.717) is 18.1 Å². The number of aliphatic carboxylic acids is 1. The summed E-state index contributed by atoms with van der Waals surface area (Å²) in [6.45, 7) is 2.01. The molecule has 7 heteroatoms. The molecule has 0 bridgehead atoms. The van der Waals surface area contributed by atoms with Crippen LogP contribution in [-0.2, 0) is 11.2 Å². The number of aromatic nitrogens is 3. The predicted octanol–water partition coefficient (Wildman–Crippen LogP) is 5.26. The maximum absolute atomic E-state index is 12.1. The lowest BCUT2D eigenvalue weighted by atomic mass is 10.0. The third kappa shape index (κ3) is 3.75. The molecule has 0 fully saturated rings. The van der Waals surface area contributed by atoms with E-state index in [4.69, 9.17) is 9.97 Å². The van der Waals surface area contributed by atoms with Gasteiger partial charge in [0, 0.05) is 34.0 Å². The number of hydrogen-bond acceptors (Lipinski definition) is 5. The Morgan fingerprint density at radius 3 is 2.68 bits per heavy atom. The quantitative estimate of drug-likeness (QED) is 0.343. The molecular weight excluding hydrogens is 408 g/mol. The normalized spacial score (nSPS) is 12.3. The summed E-state index contributed by atoms with van der Waals surface area (Å²) in [4.78, 5) is 26.7. The number of nitrogens with zero attached hydrogens (tertiary/aromatic N) is 2. The van der Waals surface area contributed by atoms with Gasteiger partial charge in [0.2, 0.25) is 0 Å². The topological polar surface area (TPSA) is 90.9 Å². The van der Waals surface area contributed by atoms with Gasteiger partial charge in [-0.2, -0.15) is 0 Å². The lowest BCUT2D eigenvalue weighted by molar-refractivity contribution is -0.137. The molecule has 1 atom stereocenters. The van der Waals surface area contributed by atoms with Gasteiger partial charge in [-0.05, 0) is 24.6 Å². The van der Waals surface area contributed by atoms with Crippen molar-refractivity contribution in [1.29, 1.82) is 0 Å². The van der Waals surface area contributed by atoms with Crippen molar-refractivity contribution in [3.05, 3.63) is 77.3 Å². The van der Waals surface area contributed by atoms with Gasteiger partial charge in [-0.1, -0.05) is 48.5 Å². The molecule has 6 nitrogen and oxygen atoms in total. The van der Waals surface area contributed by atoms with Crippen LogP contribution < -0.4 is 5.32 Å². The first-order valence-electron chi connectivity index (χ1n) is 9.96. The average molecular weight is 429 g/mol. The molecule has 154 valence electrons. The Morgan fingerprint density at radius 2 is 1.87 bits per heavy atom. The zero-order chi connectivity index (χ0) is 21.4. The van der Waals surface area contributed by atoms with Crippen LogP contribution >= 0.6 is 11.3 Å². The molecule has 5 rings (SSSR count). The molecule has 2 aromatic carbocycles. The van der Waals surface area contributed by atoms with Crippen LogP contribution in [0.15, 0.2) is 66.9 Å². The summed E-state index contributed by atoms with van der Waals surface area (Å²) < 4.78 is 0. The van der Waals surface area contributed by atoms with E-state index in [-0.39, 0.29) is 0 Å². The molecule has 3 N–H and O–H groups in total. The van der Waals surface area contributed by atoms with Gasteiger partial charge >= 0.3 is 5.97 Å². The number of rotatable bonds is 6. The Hall–Kier alpha value is -3.71. The van der Waals surface area contributed by atoms with E-state index in [2.05, 4.69) is 10.3 Å². The Balaban J connectivity index is 1.54. The van der Waals surface area contributed by atoms with Crippen LogP contribution in [0.25, 0.3) is 32.5 Å². The highest BCUT2D eigenvalue weighted by Crippen LogP contribution is 2.32. The van der Waals surface area contributed by atoms with E-state index < -0.39 is 12.0 Å². The average Bonchev–Trinajstić information content (AvgIpc) is 3.36. The van der Waals surface area contributed by atoms with Crippen LogP contribution in [0, 0.1) is 6.92 Å². The third-order valence-corrected chi connectivity index (χ3v) is 6.20. The van der Waals surface area contributed by atoms with E-state index in [1.165, 1.54) is 0 Å². The molecule has 0 aliphatic heterocycles. The lowest BCUT2D eigenvalue weighted by Gasteiger charge is -2.16. The molecule has 31 heavy (non-hydrogen) atoms. The number of thiophene rings is 1. The standard InChI is InChI=1S/C24H20N4O2S/c1-14-11-18-22(27-21(28-23(18)31-14)15-7-3-2-4-8-15)26-20(24(29)30)12-16-13-25-19-10-6-5-9-17(16)19/h2-11,13,20,25H,12H2,1H3,(H,29,30)(H,26,27,28). The number of carbonyl (C=O) groups is 1. The minimum Gasteiger partial charge on any atom is -0.480 e. The van der Waals surface area contributed by atoms with E-state index in [0.717, 1.165) is 37.1 Å². The van der Waals surface area contributed by atoms with Crippen molar-refractivity contribution < 1.29 is 9.90 Å². The number of aromatic amines is 1. The molecule has 0 aliphatic rings. The SMILES string of the molecule is Cc1cc2c(NC(Cc3c[nH]c4ccccc34)C(=O)O)nc(-c3ccccc3)nc2s1. The molecule has 0 radical (unpaired) electrons. The van der Waals surface area contributed by atoms with Gasteiger partial charge in [0.05, 0.1) is 5.39 Å². The Kier molecular flexibility index (Phi) is 4.88. The minimum absolute atomic E-state index is 0.328. The second-order valence-electron chi connectivity index (χ2n) is 7.44. The summed E-state index contributed by atoms with van der Waals surface area (Å²) in [5.74, 6) is 0.194. The molecule has 0 saturated carbocycles. The van der Waals surface area contributed by atoms with Crippen molar-refractivity contribution in [1.82, 2.24) is 15.0 Å². The highest BCUT2D eigenvalue weighted by atomic mass is 32.1. The number of H-pyrrole nitrogens is 1. The second-order valence-corrected chi connectivity index (χ2v) is 8.67. The number of carboxylic acids is 1. The van der Waals surface area contributed by atoms with Crippen LogP contribution in [0.1, 0.15) is 10.4 Å². The number of benzene rings is 2. The van der Waals surface area contributed by atoms with E-state index in [9.17, 15) is 9.90 Å². The number of fused-ring (bicyclic) bond motifs is 2. The van der Waals surface area contributed by atoms with Crippen molar-refractivity contribution in [2.24, 2.45) is 0 Å². The molecule has 3 heterocycles. The van der Waals surface area contributed by atoms with Gasteiger partial charge in [-0.15, -0.1) is 11.3 Å². The van der Waals surface area contributed by atoms with Gasteiger partial charge in [-0.25, -0.2) is 14.8 Å². The van der Waals surface area contributed by atoms with Crippen molar-refractivity contribution in [3.63, 3.8) is 0 Å². The van der Waals surface area contributed by atoms with Gasteiger partial charge in [0.15, 0.2) is 5.82 Å². The Bertz CT molecular complexity index is 1390. The zero-order valence-electron chi connectivity index (χ0n) is 16.8. The number of anilines is 1. The van der Waals surface area contributed by atoms with Crippen LogP contribution in [0.2, 0.25) is 0 Å². The third-order valence-electron chi connectivity index (χ3n) is 5.26. The predicted molar refractivity (Wildman–Crippen MR) is 125 cm³/mol. The van der Waals surface area contributed by atoms with Gasteiger partial charge in [0.25, 0.3) is 0 Å². The molecule has 1 unspecified atom stereocenters. The van der Waals surface area contributed by atoms with Crippen LogP contribution in [0.3, 0.4) is 0 Å². The van der Waals surface area contributed by atoms with Gasteiger partial charge in [0.1, 0.15) is 16.7 Å². The largest absolute Gasteiger partial charge is 0.480 e. The second kappa shape index (κ2) is 7.85. The van der Waals surface area contributed by atoms with Gasteiger partial charge < -0.3 is 15.4 Å². The first-order chi connectivity index (χ1) is 15.1. The molecule has 5 aromatic rings. The fraction of sp³-hybridized carbons (Fsp3) is 0.125. The number of hydrogen-bond donors (Lipinski definition) is 3. The smallest absolute Gasteiger partial charge is 0.326 e. The summed E-state index contributed by atoms with van der Waals surface area (Å²) in [6.07, 6.45) is 2.20. The monoisotopic (exact) mass is 428 g/mol. The molecule has 0 saturated heterocycles. The maximum atomic E-state index is 12.1. The summed E-state index contributed by atoms with van der Waals surface area (Å²) in [6, 6.07) is 18.8. The number of nitrogens with one attached hydrogen (secondary N) is 2. The first-order valence-corrected chi connectivity index (χ1v) is 10.8. The maximum Gasteiger partial charge on any atom is 0.326 e. The van der Waals surface area contributed by atoms with E-state index in [1.54, 1.807) is 11.3 Å². The first kappa shape index (κ1) is 19.3. The van der Waals surface area contributed by atoms with Crippen molar-refractivity contribution in [3.8, 4) is 11.4 Å². The Morgan fingerprint density at radius 1 is 1.10 bits per heavy atom. The van der Waals surface area contributed by atoms with E-state index in [1.807, 2.05) is 73.8 Å². The minimum atomic E-state index is -0.926. The van der Waals surface area contributed by atoms with Crippen LogP contribution in [-0.4, -0.2) is 32.1 Å². The number of aryl methyl sites for hydroxylation is 1. The molecule has 0 spiro atoms. The van der Waals surface area contributed by atoms with Crippen molar-refractivity contribution in [2.75, 3.05) is 5.32 Å². The van der Waals surface area contributed by atoms with E-state index >= 15 is 0 Å². The highest BCUT2D eigenvalue weighted by Gasteiger charge is 2.22. The lowest BCUT2D eigenvalue weighted by Crippen LogP contribution is -2.32. The summed E-state index contributed by atoms with van der Waals surface area (Å²) in [5.41, 5.74) is 2.83. The van der Waals surface area contributed by atoms with Crippen LogP contribution in [0.4, 0.5) is 5.82 Å². The fourth-order valence-corrected chi connectivity index (χ4v) is 4.63. The van der Waals surface area contributed by atoms with Crippen molar-refractivity contribution in [2.45, 2.75) is 19.4 Å². The number of carboxylic acid groups (broad SMARTS) is 1. The molecular formula is C24H20N4O2S. The van der Waals surface area contributed by atoms with Crippen LogP contribution in [0.5, 0.6) is 0 Å². The summed E-state index contributed by atoms with van der Waals surface area (Å²) >= 11 is 1.57. The summed E-state index contributed by atoms with van der Waals surface area (Å²) in [5, 5.41) is 15.0. The fourth-order valence-electron chi connectivity index (χ4n) is 3.75. The molecule has 0 amide bonds. The molecule has 0 aliphatic carbocycles. The van der Waals surface area contributed by atoms with Gasteiger partial charge in [-0.3, -0.25) is 0 Å². The highest BCUT2D eigenvalue weighted by molar-refractivity contribution is 7.18.